The second-order valence-electron chi connectivity index (χ2n) is 4.55. The van der Waals surface area contributed by atoms with Crippen LogP contribution in [0.5, 0.6) is 0 Å². The molecule has 88 valence electrons. The van der Waals surface area contributed by atoms with Gasteiger partial charge in [0.05, 0.1) is 0 Å². The lowest BCUT2D eigenvalue weighted by Crippen LogP contribution is -2.08. The summed E-state index contributed by atoms with van der Waals surface area (Å²) in [5.41, 5.74) is 1.40. The van der Waals surface area contributed by atoms with E-state index in [0.29, 0.717) is 23.2 Å². The summed E-state index contributed by atoms with van der Waals surface area (Å²) in [4.78, 5) is 4.37. The molecule has 1 saturated carbocycles. The van der Waals surface area contributed by atoms with Gasteiger partial charge in [0.25, 0.3) is 0 Å². The van der Waals surface area contributed by atoms with Crippen LogP contribution in [0.4, 0.5) is 4.39 Å². The molecule has 17 heavy (non-hydrogen) atoms. The number of rotatable bonds is 2. The van der Waals surface area contributed by atoms with Crippen molar-refractivity contribution in [2.75, 3.05) is 0 Å². The maximum absolute atomic E-state index is 13.1. The topological polar surface area (TPSA) is 38.9 Å². The molecule has 0 spiro atoms. The van der Waals surface area contributed by atoms with Crippen molar-refractivity contribution in [1.82, 2.24) is 10.1 Å². The summed E-state index contributed by atoms with van der Waals surface area (Å²) in [7, 11) is 0. The quantitative estimate of drug-likeness (QED) is 0.796. The number of benzene rings is 1. The average molecular weight is 232 g/mol. The fourth-order valence-corrected chi connectivity index (χ4v) is 1.96. The van der Waals surface area contributed by atoms with E-state index in [9.17, 15) is 4.39 Å². The summed E-state index contributed by atoms with van der Waals surface area (Å²) in [5.74, 6) is 1.48. The Hall–Kier alpha value is -1.71. The first kappa shape index (κ1) is 10.4. The monoisotopic (exact) mass is 232 g/mol. The molecule has 0 aliphatic heterocycles. The molecule has 1 fully saturated rings. The molecule has 0 saturated heterocycles. The fraction of sp³-hybridized carbons (Fsp3) is 0.385. The molecule has 0 unspecified atom stereocenters. The number of nitrogens with zero attached hydrogens (tertiary/aromatic N) is 2. The van der Waals surface area contributed by atoms with Gasteiger partial charge in [0, 0.05) is 11.5 Å². The molecule has 0 N–H and O–H groups in total. The second kappa shape index (κ2) is 3.95. The number of hydrogen-bond donors (Lipinski definition) is 0. The highest BCUT2D eigenvalue weighted by molar-refractivity contribution is 5.55. The molecule has 3 rings (SSSR count). The highest BCUT2D eigenvalue weighted by Crippen LogP contribution is 2.36. The summed E-state index contributed by atoms with van der Waals surface area (Å²) >= 11 is 0. The number of hydrogen-bond acceptors (Lipinski definition) is 3. The average Bonchev–Trinajstić information content (AvgIpc) is 2.69. The molecular weight excluding hydrogens is 219 g/mol. The smallest absolute Gasteiger partial charge is 0.230 e. The van der Waals surface area contributed by atoms with E-state index in [-0.39, 0.29) is 5.82 Å². The van der Waals surface area contributed by atoms with E-state index < -0.39 is 0 Å². The third kappa shape index (κ3) is 1.84. The minimum Gasteiger partial charge on any atom is -0.339 e. The van der Waals surface area contributed by atoms with Crippen molar-refractivity contribution in [2.24, 2.45) is 0 Å². The molecule has 0 bridgehead atoms. The predicted molar refractivity (Wildman–Crippen MR) is 61.0 cm³/mol. The second-order valence-corrected chi connectivity index (χ2v) is 4.55. The third-order valence-electron chi connectivity index (χ3n) is 3.31. The lowest BCUT2D eigenvalue weighted by molar-refractivity contribution is 0.292. The van der Waals surface area contributed by atoms with Gasteiger partial charge in [-0.3, -0.25) is 0 Å². The van der Waals surface area contributed by atoms with Crippen LogP contribution in [0.15, 0.2) is 22.7 Å². The Balaban J connectivity index is 1.92. The first-order valence-corrected chi connectivity index (χ1v) is 5.84. The zero-order chi connectivity index (χ0) is 11.8. The van der Waals surface area contributed by atoms with Gasteiger partial charge in [-0.15, -0.1) is 0 Å². The number of aromatic nitrogens is 2. The van der Waals surface area contributed by atoms with E-state index in [2.05, 4.69) is 10.1 Å². The normalized spacial score (nSPS) is 15.9. The van der Waals surface area contributed by atoms with E-state index >= 15 is 0 Å². The van der Waals surface area contributed by atoms with Gasteiger partial charge in [-0.2, -0.15) is 4.98 Å². The van der Waals surface area contributed by atoms with E-state index in [4.69, 9.17) is 4.52 Å². The molecule has 4 heteroatoms. The largest absolute Gasteiger partial charge is 0.339 e. The van der Waals surface area contributed by atoms with Gasteiger partial charge in [-0.25, -0.2) is 4.39 Å². The molecule has 2 aromatic rings. The van der Waals surface area contributed by atoms with Crippen molar-refractivity contribution in [1.29, 1.82) is 0 Å². The lowest BCUT2D eigenvalue weighted by Gasteiger charge is -2.20. The Bertz CT molecular complexity index is 546. The molecule has 1 aliphatic carbocycles. The SMILES string of the molecule is Cc1cc(-c2noc(C3CCC3)n2)ccc1F. The Kier molecular flexibility index (Phi) is 2.42. The van der Waals surface area contributed by atoms with Crippen molar-refractivity contribution in [3.05, 3.63) is 35.5 Å². The third-order valence-corrected chi connectivity index (χ3v) is 3.31. The Morgan fingerprint density at radius 1 is 1.35 bits per heavy atom. The maximum Gasteiger partial charge on any atom is 0.230 e. The summed E-state index contributed by atoms with van der Waals surface area (Å²) in [5, 5.41) is 3.95. The molecule has 0 amide bonds. The zero-order valence-corrected chi connectivity index (χ0v) is 9.61. The van der Waals surface area contributed by atoms with Crippen LogP contribution >= 0.6 is 0 Å². The summed E-state index contributed by atoms with van der Waals surface area (Å²) < 4.78 is 18.4. The standard InChI is InChI=1S/C13H13FN2O/c1-8-7-10(5-6-11(8)14)12-15-13(17-16-12)9-3-2-4-9/h5-7,9H,2-4H2,1H3. The van der Waals surface area contributed by atoms with Crippen LogP contribution in [0.25, 0.3) is 11.4 Å². The number of halogens is 1. The van der Waals surface area contributed by atoms with E-state index in [1.54, 1.807) is 19.1 Å². The van der Waals surface area contributed by atoms with Crippen LogP contribution in [-0.2, 0) is 0 Å². The summed E-state index contributed by atoms with van der Waals surface area (Å²) in [6.07, 6.45) is 3.49. The van der Waals surface area contributed by atoms with E-state index in [0.717, 1.165) is 18.4 Å². The fourth-order valence-electron chi connectivity index (χ4n) is 1.96. The van der Waals surface area contributed by atoms with Gasteiger partial charge < -0.3 is 4.52 Å². The zero-order valence-electron chi connectivity index (χ0n) is 9.61. The maximum atomic E-state index is 13.1. The van der Waals surface area contributed by atoms with E-state index in [1.165, 1.54) is 12.5 Å². The van der Waals surface area contributed by atoms with Crippen molar-refractivity contribution >= 4 is 0 Å². The molecule has 3 nitrogen and oxygen atoms in total. The van der Waals surface area contributed by atoms with Gasteiger partial charge >= 0.3 is 0 Å². The van der Waals surface area contributed by atoms with Gasteiger partial charge in [-0.1, -0.05) is 11.6 Å². The van der Waals surface area contributed by atoms with Crippen molar-refractivity contribution in [2.45, 2.75) is 32.1 Å². The summed E-state index contributed by atoms with van der Waals surface area (Å²) in [6.45, 7) is 1.73. The molecule has 0 atom stereocenters. The van der Waals surface area contributed by atoms with Crippen molar-refractivity contribution in [3.8, 4) is 11.4 Å². The van der Waals surface area contributed by atoms with E-state index in [1.807, 2.05) is 0 Å². The van der Waals surface area contributed by atoms with Gasteiger partial charge in [-0.05, 0) is 43.5 Å². The van der Waals surface area contributed by atoms with Crippen LogP contribution in [0, 0.1) is 12.7 Å². The minimum absolute atomic E-state index is 0.212. The first-order chi connectivity index (χ1) is 8.24. The highest BCUT2D eigenvalue weighted by Gasteiger charge is 2.25. The minimum atomic E-state index is -0.212. The Labute approximate surface area is 98.7 Å². The number of aryl methyl sites for hydroxylation is 1. The van der Waals surface area contributed by atoms with Crippen LogP contribution in [0.1, 0.15) is 36.6 Å². The van der Waals surface area contributed by atoms with Gasteiger partial charge in [0.1, 0.15) is 5.82 Å². The highest BCUT2D eigenvalue weighted by atomic mass is 19.1. The molecule has 1 heterocycles. The predicted octanol–water partition coefficient (Wildman–Crippen LogP) is 3.45. The molecular formula is C13H13FN2O. The Morgan fingerprint density at radius 3 is 2.82 bits per heavy atom. The lowest BCUT2D eigenvalue weighted by atomic mass is 9.85. The first-order valence-electron chi connectivity index (χ1n) is 5.84. The van der Waals surface area contributed by atoms with Crippen molar-refractivity contribution < 1.29 is 8.91 Å². The molecule has 1 aliphatic rings. The van der Waals surface area contributed by atoms with Crippen LogP contribution in [0.3, 0.4) is 0 Å². The van der Waals surface area contributed by atoms with Gasteiger partial charge in [0.2, 0.25) is 11.7 Å². The summed E-state index contributed by atoms with van der Waals surface area (Å²) in [6, 6.07) is 4.85. The van der Waals surface area contributed by atoms with Crippen LogP contribution < -0.4 is 0 Å². The Morgan fingerprint density at radius 2 is 2.18 bits per heavy atom. The molecule has 1 aromatic heterocycles. The van der Waals surface area contributed by atoms with Crippen LogP contribution in [-0.4, -0.2) is 10.1 Å². The molecule has 0 radical (unpaired) electrons. The van der Waals surface area contributed by atoms with Crippen molar-refractivity contribution in [3.63, 3.8) is 0 Å². The van der Waals surface area contributed by atoms with Gasteiger partial charge in [0.15, 0.2) is 0 Å². The van der Waals surface area contributed by atoms with Crippen LogP contribution in [0.2, 0.25) is 0 Å². The molecule has 1 aromatic carbocycles.